The van der Waals surface area contributed by atoms with Gasteiger partial charge in [0, 0.05) is 12.4 Å². The number of aromatic amines is 1. The van der Waals surface area contributed by atoms with Crippen molar-refractivity contribution in [3.63, 3.8) is 0 Å². The number of hydrogen-bond acceptors (Lipinski definition) is 3. The fourth-order valence-corrected chi connectivity index (χ4v) is 2.39. The van der Waals surface area contributed by atoms with Gasteiger partial charge in [-0.2, -0.15) is 0 Å². The Bertz CT molecular complexity index is 890. The van der Waals surface area contributed by atoms with Gasteiger partial charge in [0.15, 0.2) is 11.6 Å². The number of carbonyl (C=O) groups excluding carboxylic acids is 1. The molecule has 4 nitrogen and oxygen atoms in total. The van der Waals surface area contributed by atoms with Gasteiger partial charge in [-0.15, -0.1) is 0 Å². The minimum Gasteiger partial charge on any atom is -0.453 e. The SMILES string of the molecule is O=C(c1c[nH]c2nccc(Oc3ccccc3F)c12)C(Cl)(Cl)Cl. The highest BCUT2D eigenvalue weighted by atomic mass is 35.6. The van der Waals surface area contributed by atoms with E-state index in [0.717, 1.165) is 0 Å². The summed E-state index contributed by atoms with van der Waals surface area (Å²) in [6.45, 7) is 0. The van der Waals surface area contributed by atoms with Crippen molar-refractivity contribution in [1.82, 2.24) is 9.97 Å². The Kier molecular flexibility index (Phi) is 4.19. The van der Waals surface area contributed by atoms with E-state index in [4.69, 9.17) is 39.5 Å². The van der Waals surface area contributed by atoms with Crippen LogP contribution in [0.3, 0.4) is 0 Å². The number of Topliss-reactive ketones (excluding diaryl/α,β-unsaturated/α-hetero) is 1. The summed E-state index contributed by atoms with van der Waals surface area (Å²) in [4.78, 5) is 19.1. The lowest BCUT2D eigenvalue weighted by Crippen LogP contribution is -2.18. The van der Waals surface area contributed by atoms with Gasteiger partial charge in [0.05, 0.1) is 10.9 Å². The van der Waals surface area contributed by atoms with Crippen LogP contribution in [0.25, 0.3) is 11.0 Å². The van der Waals surface area contributed by atoms with Gasteiger partial charge in [-0.3, -0.25) is 4.79 Å². The zero-order chi connectivity index (χ0) is 16.6. The van der Waals surface area contributed by atoms with E-state index in [-0.39, 0.29) is 17.1 Å². The number of para-hydroxylation sites is 1. The van der Waals surface area contributed by atoms with Crippen LogP contribution in [0.1, 0.15) is 10.4 Å². The Balaban J connectivity index is 2.13. The van der Waals surface area contributed by atoms with Gasteiger partial charge in [0.2, 0.25) is 5.78 Å². The number of benzene rings is 1. The van der Waals surface area contributed by atoms with Crippen LogP contribution in [0, 0.1) is 5.82 Å². The quantitative estimate of drug-likeness (QED) is 0.516. The molecule has 0 fully saturated rings. The Hall–Kier alpha value is -1.82. The number of fused-ring (bicyclic) bond motifs is 1. The average Bonchev–Trinajstić information content (AvgIpc) is 2.92. The summed E-state index contributed by atoms with van der Waals surface area (Å²) in [5, 5.41) is 0.312. The maximum Gasteiger partial charge on any atom is 0.253 e. The molecular formula is C15H8Cl3FN2O2. The molecule has 23 heavy (non-hydrogen) atoms. The van der Waals surface area contributed by atoms with Gasteiger partial charge in [-0.05, 0) is 18.2 Å². The normalized spacial score (nSPS) is 11.7. The molecule has 0 atom stereocenters. The topological polar surface area (TPSA) is 55.0 Å². The Morgan fingerprint density at radius 3 is 2.61 bits per heavy atom. The summed E-state index contributed by atoms with van der Waals surface area (Å²) in [6, 6.07) is 7.39. The number of aromatic nitrogens is 2. The van der Waals surface area contributed by atoms with Crippen LogP contribution in [-0.2, 0) is 0 Å². The number of hydrogen-bond donors (Lipinski definition) is 1. The lowest BCUT2D eigenvalue weighted by Gasteiger charge is -2.11. The minimum atomic E-state index is -2.12. The number of nitrogens with zero attached hydrogens (tertiary/aromatic N) is 1. The van der Waals surface area contributed by atoms with Crippen molar-refractivity contribution in [2.24, 2.45) is 0 Å². The average molecular weight is 374 g/mol. The van der Waals surface area contributed by atoms with Gasteiger partial charge >= 0.3 is 0 Å². The zero-order valence-electron chi connectivity index (χ0n) is 11.3. The number of ether oxygens (including phenoxy) is 1. The Morgan fingerprint density at radius 2 is 1.91 bits per heavy atom. The summed E-state index contributed by atoms with van der Waals surface area (Å²) in [5.41, 5.74) is 0.455. The molecule has 1 aromatic carbocycles. The molecule has 118 valence electrons. The second-order valence-corrected chi connectivity index (χ2v) is 6.88. The van der Waals surface area contributed by atoms with Gasteiger partial charge < -0.3 is 9.72 Å². The van der Waals surface area contributed by atoms with Crippen molar-refractivity contribution < 1.29 is 13.9 Å². The molecule has 0 aliphatic rings. The first-order valence-electron chi connectivity index (χ1n) is 6.38. The molecule has 1 N–H and O–H groups in total. The first-order valence-corrected chi connectivity index (χ1v) is 7.51. The van der Waals surface area contributed by atoms with Crippen LogP contribution in [0.15, 0.2) is 42.7 Å². The highest BCUT2D eigenvalue weighted by molar-refractivity contribution is 6.77. The smallest absolute Gasteiger partial charge is 0.253 e. The van der Waals surface area contributed by atoms with E-state index in [1.807, 2.05) is 0 Å². The number of rotatable bonds is 3. The van der Waals surface area contributed by atoms with E-state index in [1.54, 1.807) is 12.1 Å². The highest BCUT2D eigenvalue weighted by Gasteiger charge is 2.34. The molecule has 2 heterocycles. The second kappa shape index (κ2) is 6.00. The first-order chi connectivity index (χ1) is 10.9. The second-order valence-electron chi connectivity index (χ2n) is 4.59. The van der Waals surface area contributed by atoms with Gasteiger partial charge in [-0.25, -0.2) is 9.37 Å². The molecule has 0 bridgehead atoms. The third-order valence-electron chi connectivity index (χ3n) is 3.09. The summed E-state index contributed by atoms with van der Waals surface area (Å²) >= 11 is 17.0. The lowest BCUT2D eigenvalue weighted by atomic mass is 10.1. The van der Waals surface area contributed by atoms with E-state index in [0.29, 0.717) is 11.0 Å². The van der Waals surface area contributed by atoms with E-state index in [9.17, 15) is 9.18 Å². The summed E-state index contributed by atoms with van der Waals surface area (Å²) in [5.74, 6) is -1.05. The van der Waals surface area contributed by atoms with Crippen molar-refractivity contribution in [1.29, 1.82) is 0 Å². The van der Waals surface area contributed by atoms with E-state index in [2.05, 4.69) is 9.97 Å². The number of alkyl halides is 3. The molecule has 0 saturated carbocycles. The Morgan fingerprint density at radius 1 is 1.17 bits per heavy atom. The van der Waals surface area contributed by atoms with Crippen molar-refractivity contribution in [2.45, 2.75) is 3.79 Å². The molecule has 3 rings (SSSR count). The van der Waals surface area contributed by atoms with Crippen LogP contribution in [-0.4, -0.2) is 19.5 Å². The molecule has 0 aliphatic carbocycles. The standard InChI is InChI=1S/C15H8Cl3FN2O2/c16-15(17,18)13(22)8-7-21-14-12(8)11(5-6-20-14)23-10-4-2-1-3-9(10)19/h1-7H,(H,20,21). The fourth-order valence-electron chi connectivity index (χ4n) is 2.09. The molecule has 0 saturated heterocycles. The predicted octanol–water partition coefficient (Wildman–Crippen LogP) is 5.05. The van der Waals surface area contributed by atoms with E-state index >= 15 is 0 Å². The number of nitrogens with one attached hydrogen (secondary N) is 1. The lowest BCUT2D eigenvalue weighted by molar-refractivity contribution is 0.0998. The molecule has 0 spiro atoms. The third kappa shape index (κ3) is 3.13. The highest BCUT2D eigenvalue weighted by Crippen LogP contribution is 2.37. The number of ketones is 1. The maximum atomic E-state index is 13.8. The van der Waals surface area contributed by atoms with Crippen molar-refractivity contribution in [3.8, 4) is 11.5 Å². The monoisotopic (exact) mass is 372 g/mol. The zero-order valence-corrected chi connectivity index (χ0v) is 13.6. The van der Waals surface area contributed by atoms with Gasteiger partial charge in [0.25, 0.3) is 3.79 Å². The molecular weight excluding hydrogens is 366 g/mol. The predicted molar refractivity (Wildman–Crippen MR) is 87.2 cm³/mol. The number of halogens is 4. The maximum absolute atomic E-state index is 13.8. The van der Waals surface area contributed by atoms with Crippen LogP contribution in [0.4, 0.5) is 4.39 Å². The molecule has 8 heteroatoms. The van der Waals surface area contributed by atoms with E-state index < -0.39 is 15.4 Å². The van der Waals surface area contributed by atoms with Crippen LogP contribution < -0.4 is 4.74 Å². The first kappa shape index (κ1) is 16.1. The van der Waals surface area contributed by atoms with Crippen LogP contribution in [0.2, 0.25) is 0 Å². The molecule has 3 aromatic rings. The third-order valence-corrected chi connectivity index (χ3v) is 3.61. The van der Waals surface area contributed by atoms with Crippen molar-refractivity contribution in [3.05, 3.63) is 54.1 Å². The fraction of sp³-hybridized carbons (Fsp3) is 0.0667. The molecule has 0 radical (unpaired) electrons. The summed E-state index contributed by atoms with van der Waals surface area (Å²) in [7, 11) is 0. The molecule has 0 amide bonds. The Labute approximate surface area is 145 Å². The molecule has 0 unspecified atom stereocenters. The largest absolute Gasteiger partial charge is 0.453 e. The molecule has 2 aromatic heterocycles. The molecule has 0 aliphatic heterocycles. The number of H-pyrrole nitrogens is 1. The van der Waals surface area contributed by atoms with Crippen LogP contribution >= 0.6 is 34.8 Å². The van der Waals surface area contributed by atoms with Crippen molar-refractivity contribution >= 4 is 51.6 Å². The van der Waals surface area contributed by atoms with E-state index in [1.165, 1.54) is 30.6 Å². The number of carbonyl (C=O) groups is 1. The summed E-state index contributed by atoms with van der Waals surface area (Å²) in [6.07, 6.45) is 2.83. The summed E-state index contributed by atoms with van der Waals surface area (Å²) < 4.78 is 17.2. The minimum absolute atomic E-state index is 0.00785. The van der Waals surface area contributed by atoms with Crippen LogP contribution in [0.5, 0.6) is 11.5 Å². The van der Waals surface area contributed by atoms with Crippen molar-refractivity contribution in [2.75, 3.05) is 0 Å². The number of pyridine rings is 1. The van der Waals surface area contributed by atoms with Gasteiger partial charge in [0.1, 0.15) is 11.4 Å². The van der Waals surface area contributed by atoms with Gasteiger partial charge in [-0.1, -0.05) is 46.9 Å².